The molecule has 0 atom stereocenters. The molecule has 0 fully saturated rings. The zero-order chi connectivity index (χ0) is 12.1. The van der Waals surface area contributed by atoms with Crippen molar-refractivity contribution in [1.82, 2.24) is 0 Å². The summed E-state index contributed by atoms with van der Waals surface area (Å²) >= 11 is 0. The molecule has 0 aromatic heterocycles. The van der Waals surface area contributed by atoms with Gasteiger partial charge in [0.25, 0.3) is 0 Å². The molecular weight excluding hydrogens is 232 g/mol. The fourth-order valence-electron chi connectivity index (χ4n) is 0.827. The zero-order valence-electron chi connectivity index (χ0n) is 10.3. The van der Waals surface area contributed by atoms with Crippen molar-refractivity contribution >= 4 is 9.53 Å². The molecule has 0 bridgehead atoms. The van der Waals surface area contributed by atoms with Crippen LogP contribution in [0.3, 0.4) is 0 Å². The SMILES string of the molecule is COCCO[SiH](OCCOC)OCCOC. The van der Waals surface area contributed by atoms with E-state index < -0.39 is 9.53 Å². The van der Waals surface area contributed by atoms with Gasteiger partial charge < -0.3 is 27.5 Å². The quantitative estimate of drug-likeness (QED) is 0.352. The lowest BCUT2D eigenvalue weighted by molar-refractivity contribution is 0.0381. The first-order valence-electron chi connectivity index (χ1n) is 5.16. The third kappa shape index (κ3) is 10.5. The summed E-state index contributed by atoms with van der Waals surface area (Å²) < 4.78 is 30.9. The van der Waals surface area contributed by atoms with Gasteiger partial charge in [0.05, 0.1) is 39.6 Å². The smallest absolute Gasteiger partial charge is 0.382 e. The van der Waals surface area contributed by atoms with E-state index in [4.69, 9.17) is 27.5 Å². The number of hydrogen-bond acceptors (Lipinski definition) is 6. The average molecular weight is 254 g/mol. The van der Waals surface area contributed by atoms with Gasteiger partial charge in [0.2, 0.25) is 0 Å². The Kier molecular flexibility index (Phi) is 13.0. The summed E-state index contributed by atoms with van der Waals surface area (Å²) in [4.78, 5) is 0. The number of ether oxygens (including phenoxy) is 3. The van der Waals surface area contributed by atoms with Crippen molar-refractivity contribution in [2.45, 2.75) is 0 Å². The lowest BCUT2D eigenvalue weighted by Crippen LogP contribution is -2.31. The minimum Gasteiger partial charge on any atom is -0.382 e. The summed E-state index contributed by atoms with van der Waals surface area (Å²) in [6.45, 7) is 3.04. The van der Waals surface area contributed by atoms with Crippen molar-refractivity contribution in [1.29, 1.82) is 0 Å². The molecule has 7 heteroatoms. The molecule has 16 heavy (non-hydrogen) atoms. The molecule has 0 aliphatic carbocycles. The van der Waals surface area contributed by atoms with Crippen LogP contribution in [0.1, 0.15) is 0 Å². The summed E-state index contributed by atoms with van der Waals surface area (Å²) in [6, 6.07) is 0. The summed E-state index contributed by atoms with van der Waals surface area (Å²) in [5.41, 5.74) is 0. The van der Waals surface area contributed by atoms with Crippen LogP contribution in [-0.4, -0.2) is 70.5 Å². The second-order valence-corrected chi connectivity index (χ2v) is 4.46. The summed E-state index contributed by atoms with van der Waals surface area (Å²) in [7, 11) is 2.80. The van der Waals surface area contributed by atoms with Crippen molar-refractivity contribution < 1.29 is 27.5 Å². The molecule has 6 nitrogen and oxygen atoms in total. The van der Waals surface area contributed by atoms with Crippen LogP contribution in [-0.2, 0) is 27.5 Å². The molecule has 0 heterocycles. The van der Waals surface area contributed by atoms with Crippen LogP contribution in [0, 0.1) is 0 Å². The largest absolute Gasteiger partial charge is 0.484 e. The molecule has 0 N–H and O–H groups in total. The van der Waals surface area contributed by atoms with Crippen molar-refractivity contribution in [3.8, 4) is 0 Å². The third-order valence-electron chi connectivity index (χ3n) is 1.62. The molecule has 0 spiro atoms. The van der Waals surface area contributed by atoms with Gasteiger partial charge in [-0.25, -0.2) is 0 Å². The fraction of sp³-hybridized carbons (Fsp3) is 1.00. The van der Waals surface area contributed by atoms with Crippen LogP contribution in [0.2, 0.25) is 0 Å². The molecule has 0 aromatic rings. The Morgan fingerprint density at radius 3 is 1.12 bits per heavy atom. The van der Waals surface area contributed by atoms with Crippen molar-refractivity contribution in [3.63, 3.8) is 0 Å². The Morgan fingerprint density at radius 2 is 0.875 bits per heavy atom. The molecule has 0 aromatic carbocycles. The van der Waals surface area contributed by atoms with Gasteiger partial charge in [0.15, 0.2) is 0 Å². The monoisotopic (exact) mass is 254 g/mol. The van der Waals surface area contributed by atoms with Crippen LogP contribution >= 0.6 is 0 Å². The Hall–Kier alpha value is -0.0231. The molecule has 0 radical (unpaired) electrons. The van der Waals surface area contributed by atoms with Crippen LogP contribution in [0.5, 0.6) is 0 Å². The Labute approximate surface area is 98.7 Å². The summed E-state index contributed by atoms with van der Waals surface area (Å²) in [6.07, 6.45) is 0. The number of methoxy groups -OCH3 is 3. The lowest BCUT2D eigenvalue weighted by Gasteiger charge is -2.16. The standard InChI is InChI=1S/C9H22O6Si/c1-10-4-7-13-16(14-8-5-11-2)15-9-6-12-3/h16H,4-9H2,1-3H3. The minimum atomic E-state index is -2.07. The van der Waals surface area contributed by atoms with E-state index in [0.717, 1.165) is 0 Å². The van der Waals surface area contributed by atoms with E-state index in [-0.39, 0.29) is 0 Å². The molecular formula is C9H22O6Si. The molecule has 98 valence electrons. The van der Waals surface area contributed by atoms with Gasteiger partial charge in [-0.15, -0.1) is 0 Å². The first-order valence-corrected chi connectivity index (χ1v) is 6.58. The molecule has 0 rings (SSSR count). The van der Waals surface area contributed by atoms with Gasteiger partial charge in [0, 0.05) is 21.3 Å². The second kappa shape index (κ2) is 13.0. The maximum atomic E-state index is 5.43. The van der Waals surface area contributed by atoms with E-state index in [1.807, 2.05) is 0 Å². The number of rotatable bonds is 12. The second-order valence-electron chi connectivity index (χ2n) is 2.88. The highest BCUT2D eigenvalue weighted by Gasteiger charge is 2.14. The van der Waals surface area contributed by atoms with E-state index >= 15 is 0 Å². The molecule has 0 aliphatic heterocycles. The topological polar surface area (TPSA) is 55.4 Å². The molecule has 0 amide bonds. The zero-order valence-corrected chi connectivity index (χ0v) is 11.4. The molecule has 0 saturated carbocycles. The fourth-order valence-corrected chi connectivity index (χ4v) is 1.98. The van der Waals surface area contributed by atoms with E-state index in [0.29, 0.717) is 39.6 Å². The van der Waals surface area contributed by atoms with Crippen LogP contribution in [0.25, 0.3) is 0 Å². The lowest BCUT2D eigenvalue weighted by atomic mass is 10.8. The highest BCUT2D eigenvalue weighted by Crippen LogP contribution is 1.93. The van der Waals surface area contributed by atoms with E-state index in [1.54, 1.807) is 21.3 Å². The van der Waals surface area contributed by atoms with Crippen LogP contribution in [0.15, 0.2) is 0 Å². The number of hydrogen-bond donors (Lipinski definition) is 0. The van der Waals surface area contributed by atoms with Crippen molar-refractivity contribution in [2.75, 3.05) is 61.0 Å². The van der Waals surface area contributed by atoms with Gasteiger partial charge in [-0.3, -0.25) is 0 Å². The third-order valence-corrected chi connectivity index (χ3v) is 3.15. The molecule has 0 saturated heterocycles. The van der Waals surface area contributed by atoms with Crippen molar-refractivity contribution in [2.24, 2.45) is 0 Å². The average Bonchev–Trinajstić information content (AvgIpc) is 2.29. The predicted molar refractivity (Wildman–Crippen MR) is 60.6 cm³/mol. The van der Waals surface area contributed by atoms with Gasteiger partial charge in [-0.2, -0.15) is 0 Å². The van der Waals surface area contributed by atoms with E-state index in [9.17, 15) is 0 Å². The highest BCUT2D eigenvalue weighted by atomic mass is 28.3. The summed E-state index contributed by atoms with van der Waals surface area (Å²) in [5, 5.41) is 0. The maximum absolute atomic E-state index is 5.43. The van der Waals surface area contributed by atoms with E-state index in [1.165, 1.54) is 0 Å². The Bertz CT molecular complexity index is 113. The Morgan fingerprint density at radius 1 is 0.562 bits per heavy atom. The van der Waals surface area contributed by atoms with Crippen LogP contribution in [0.4, 0.5) is 0 Å². The first kappa shape index (κ1) is 16.0. The normalized spacial score (nSPS) is 11.2. The van der Waals surface area contributed by atoms with Gasteiger partial charge in [-0.1, -0.05) is 0 Å². The van der Waals surface area contributed by atoms with E-state index in [2.05, 4.69) is 0 Å². The summed E-state index contributed by atoms with van der Waals surface area (Å²) in [5.74, 6) is 0. The first-order chi connectivity index (χ1) is 7.85. The molecule has 0 aliphatic rings. The van der Waals surface area contributed by atoms with Gasteiger partial charge >= 0.3 is 9.53 Å². The van der Waals surface area contributed by atoms with Gasteiger partial charge in [0.1, 0.15) is 0 Å². The van der Waals surface area contributed by atoms with Gasteiger partial charge in [-0.05, 0) is 0 Å². The highest BCUT2D eigenvalue weighted by molar-refractivity contribution is 6.36. The molecule has 0 unspecified atom stereocenters. The predicted octanol–water partition coefficient (Wildman–Crippen LogP) is -0.307. The maximum Gasteiger partial charge on any atom is 0.484 e. The Balaban J connectivity index is 3.58. The van der Waals surface area contributed by atoms with Crippen LogP contribution < -0.4 is 0 Å². The van der Waals surface area contributed by atoms with Crippen molar-refractivity contribution in [3.05, 3.63) is 0 Å². The minimum absolute atomic E-state index is 0.480.